The van der Waals surface area contributed by atoms with Crippen molar-refractivity contribution in [1.29, 1.82) is 0 Å². The van der Waals surface area contributed by atoms with Crippen molar-refractivity contribution in [3.63, 3.8) is 0 Å². The number of methoxy groups -OCH3 is 1. The maximum Gasteiger partial charge on any atom is 0.319 e. The number of rotatable bonds is 6. The van der Waals surface area contributed by atoms with E-state index < -0.39 is 0 Å². The normalized spacial score (nSPS) is 10.2. The molecule has 3 N–H and O–H groups in total. The minimum absolute atomic E-state index is 0.233. The van der Waals surface area contributed by atoms with Crippen LogP contribution in [0.5, 0.6) is 5.75 Å². The molecule has 6 heteroatoms. The van der Waals surface area contributed by atoms with Crippen LogP contribution in [0.2, 0.25) is 0 Å². The Hall–Kier alpha value is -2.50. The molecule has 0 radical (unpaired) electrons. The molecule has 1 aromatic carbocycles. The maximum absolute atomic E-state index is 11.8. The van der Waals surface area contributed by atoms with E-state index in [0.29, 0.717) is 18.0 Å². The van der Waals surface area contributed by atoms with Gasteiger partial charge in [0.15, 0.2) is 0 Å². The van der Waals surface area contributed by atoms with Crippen LogP contribution in [0.25, 0.3) is 0 Å². The summed E-state index contributed by atoms with van der Waals surface area (Å²) in [5.41, 5.74) is 2.92. The van der Waals surface area contributed by atoms with Gasteiger partial charge < -0.3 is 15.4 Å². The zero-order chi connectivity index (χ0) is 15.1. The van der Waals surface area contributed by atoms with E-state index in [4.69, 9.17) is 4.74 Å². The largest absolute Gasteiger partial charge is 0.495 e. The van der Waals surface area contributed by atoms with Crippen LogP contribution in [0.4, 0.5) is 10.5 Å². The number of hydrogen-bond donors (Lipinski definition) is 3. The molecule has 0 saturated carbocycles. The molecule has 1 aromatic heterocycles. The van der Waals surface area contributed by atoms with E-state index in [1.807, 2.05) is 25.3 Å². The Morgan fingerprint density at radius 2 is 2.19 bits per heavy atom. The van der Waals surface area contributed by atoms with Crippen LogP contribution in [-0.2, 0) is 6.42 Å². The van der Waals surface area contributed by atoms with Gasteiger partial charge in [-0.1, -0.05) is 12.1 Å². The molecule has 0 aliphatic heterocycles. The molecule has 0 saturated heterocycles. The number of benzene rings is 1. The van der Waals surface area contributed by atoms with Gasteiger partial charge in [0.25, 0.3) is 0 Å². The lowest BCUT2D eigenvalue weighted by Gasteiger charge is -2.10. The van der Waals surface area contributed by atoms with Gasteiger partial charge >= 0.3 is 6.03 Å². The van der Waals surface area contributed by atoms with Gasteiger partial charge in [0.1, 0.15) is 5.75 Å². The average molecular weight is 288 g/mol. The lowest BCUT2D eigenvalue weighted by atomic mass is 10.1. The Morgan fingerprint density at radius 1 is 1.38 bits per heavy atom. The Morgan fingerprint density at radius 3 is 2.90 bits per heavy atom. The van der Waals surface area contributed by atoms with Crippen molar-refractivity contribution in [2.75, 3.05) is 19.0 Å². The lowest BCUT2D eigenvalue weighted by Crippen LogP contribution is -2.29. The first-order valence-corrected chi connectivity index (χ1v) is 6.87. The number of aromatic nitrogens is 2. The molecule has 0 fully saturated rings. The van der Waals surface area contributed by atoms with Crippen LogP contribution in [-0.4, -0.2) is 29.9 Å². The Kier molecular flexibility index (Phi) is 5.20. The monoisotopic (exact) mass is 288 g/mol. The number of ether oxygens (including phenoxy) is 1. The van der Waals surface area contributed by atoms with E-state index in [2.05, 4.69) is 20.8 Å². The van der Waals surface area contributed by atoms with E-state index in [1.165, 1.54) is 5.56 Å². The summed E-state index contributed by atoms with van der Waals surface area (Å²) in [4.78, 5) is 11.8. The van der Waals surface area contributed by atoms with Gasteiger partial charge in [-0.05, 0) is 37.5 Å². The summed E-state index contributed by atoms with van der Waals surface area (Å²) >= 11 is 0. The van der Waals surface area contributed by atoms with Gasteiger partial charge in [-0.15, -0.1) is 0 Å². The number of aromatic amines is 1. The van der Waals surface area contributed by atoms with Crippen molar-refractivity contribution in [3.05, 3.63) is 41.7 Å². The molecule has 0 spiro atoms. The predicted octanol–water partition coefficient (Wildman–Crippen LogP) is 2.48. The number of nitrogens with one attached hydrogen (secondary N) is 3. The first kappa shape index (κ1) is 14.9. The topological polar surface area (TPSA) is 79.0 Å². The highest BCUT2D eigenvalue weighted by atomic mass is 16.5. The molecule has 0 unspecified atom stereocenters. The lowest BCUT2D eigenvalue weighted by molar-refractivity contribution is 0.252. The zero-order valence-corrected chi connectivity index (χ0v) is 12.3. The second kappa shape index (κ2) is 7.33. The summed E-state index contributed by atoms with van der Waals surface area (Å²) in [5.74, 6) is 0.640. The molecule has 2 amide bonds. The second-order valence-corrected chi connectivity index (χ2v) is 4.70. The summed E-state index contributed by atoms with van der Waals surface area (Å²) in [6.07, 6.45) is 3.57. The fourth-order valence-electron chi connectivity index (χ4n) is 2.02. The molecule has 0 aliphatic rings. The molecular formula is C15H20N4O2. The standard InChI is InChI=1S/C15H20N4O2/c1-11-12(10-17-19-11)6-5-9-16-15(20)18-13-7-3-4-8-14(13)21-2/h3-4,7-8,10H,5-6,9H2,1-2H3,(H,17,19)(H2,16,18,20). The van der Waals surface area contributed by atoms with Crippen LogP contribution in [0.15, 0.2) is 30.5 Å². The van der Waals surface area contributed by atoms with E-state index in [-0.39, 0.29) is 6.03 Å². The van der Waals surface area contributed by atoms with Crippen LogP contribution in [0.1, 0.15) is 17.7 Å². The molecule has 0 aliphatic carbocycles. The van der Waals surface area contributed by atoms with Crippen molar-refractivity contribution in [3.8, 4) is 5.75 Å². The summed E-state index contributed by atoms with van der Waals surface area (Å²) in [5, 5.41) is 12.5. The fourth-order valence-corrected chi connectivity index (χ4v) is 2.02. The zero-order valence-electron chi connectivity index (χ0n) is 12.3. The van der Waals surface area contributed by atoms with Crippen LogP contribution < -0.4 is 15.4 Å². The summed E-state index contributed by atoms with van der Waals surface area (Å²) < 4.78 is 5.18. The number of anilines is 1. The molecule has 0 atom stereocenters. The average Bonchev–Trinajstić information content (AvgIpc) is 2.89. The molecule has 2 aromatic rings. The Balaban J connectivity index is 1.74. The number of urea groups is 1. The molecule has 112 valence electrons. The summed E-state index contributed by atoms with van der Waals surface area (Å²) in [6, 6.07) is 7.07. The first-order valence-electron chi connectivity index (χ1n) is 6.87. The first-order chi connectivity index (χ1) is 10.2. The number of H-pyrrole nitrogens is 1. The third-order valence-corrected chi connectivity index (χ3v) is 3.20. The second-order valence-electron chi connectivity index (χ2n) is 4.70. The number of carbonyl (C=O) groups excluding carboxylic acids is 1. The highest BCUT2D eigenvalue weighted by molar-refractivity contribution is 5.90. The van der Waals surface area contributed by atoms with Crippen LogP contribution in [0.3, 0.4) is 0 Å². The van der Waals surface area contributed by atoms with E-state index >= 15 is 0 Å². The van der Waals surface area contributed by atoms with Crippen molar-refractivity contribution < 1.29 is 9.53 Å². The maximum atomic E-state index is 11.8. The number of nitrogens with zero attached hydrogens (tertiary/aromatic N) is 1. The van der Waals surface area contributed by atoms with Gasteiger partial charge in [-0.3, -0.25) is 5.10 Å². The van der Waals surface area contributed by atoms with E-state index in [1.54, 1.807) is 19.2 Å². The van der Waals surface area contributed by atoms with Crippen LogP contribution >= 0.6 is 0 Å². The van der Waals surface area contributed by atoms with Crippen molar-refractivity contribution in [2.45, 2.75) is 19.8 Å². The minimum atomic E-state index is -0.233. The van der Waals surface area contributed by atoms with Gasteiger partial charge in [-0.25, -0.2) is 4.79 Å². The predicted molar refractivity (Wildman–Crippen MR) is 81.7 cm³/mol. The van der Waals surface area contributed by atoms with Crippen LogP contribution in [0, 0.1) is 6.92 Å². The number of carbonyl (C=O) groups is 1. The highest BCUT2D eigenvalue weighted by Gasteiger charge is 2.06. The molecule has 6 nitrogen and oxygen atoms in total. The number of aryl methyl sites for hydroxylation is 2. The third kappa shape index (κ3) is 4.24. The van der Waals surface area contributed by atoms with Gasteiger partial charge in [-0.2, -0.15) is 5.10 Å². The van der Waals surface area contributed by atoms with Gasteiger partial charge in [0.05, 0.1) is 19.0 Å². The molecular weight excluding hydrogens is 268 g/mol. The fraction of sp³-hybridized carbons (Fsp3) is 0.333. The SMILES string of the molecule is COc1ccccc1NC(=O)NCCCc1cn[nH]c1C. The minimum Gasteiger partial charge on any atom is -0.495 e. The number of para-hydroxylation sites is 2. The molecule has 0 bridgehead atoms. The molecule has 1 heterocycles. The third-order valence-electron chi connectivity index (χ3n) is 3.20. The number of hydrogen-bond acceptors (Lipinski definition) is 3. The summed E-state index contributed by atoms with van der Waals surface area (Å²) in [7, 11) is 1.58. The quantitative estimate of drug-likeness (QED) is 0.714. The molecule has 21 heavy (non-hydrogen) atoms. The summed E-state index contributed by atoms with van der Waals surface area (Å²) in [6.45, 7) is 2.59. The number of amides is 2. The Labute approximate surface area is 123 Å². The van der Waals surface area contributed by atoms with E-state index in [0.717, 1.165) is 18.5 Å². The smallest absolute Gasteiger partial charge is 0.319 e. The van der Waals surface area contributed by atoms with Gasteiger partial charge in [0, 0.05) is 12.2 Å². The van der Waals surface area contributed by atoms with Crippen molar-refractivity contribution in [1.82, 2.24) is 15.5 Å². The van der Waals surface area contributed by atoms with Gasteiger partial charge in [0.2, 0.25) is 0 Å². The highest BCUT2D eigenvalue weighted by Crippen LogP contribution is 2.22. The van der Waals surface area contributed by atoms with Crippen molar-refractivity contribution in [2.24, 2.45) is 0 Å². The Bertz CT molecular complexity index is 595. The van der Waals surface area contributed by atoms with E-state index in [9.17, 15) is 4.79 Å². The van der Waals surface area contributed by atoms with Crippen molar-refractivity contribution >= 4 is 11.7 Å². The molecule has 2 rings (SSSR count).